The van der Waals surface area contributed by atoms with Crippen LogP contribution in [0, 0.1) is 0 Å². The zero-order chi connectivity index (χ0) is 15.4. The minimum Gasteiger partial charge on any atom is -0.393 e. The Morgan fingerprint density at radius 1 is 1.18 bits per heavy atom. The zero-order valence-corrected chi connectivity index (χ0v) is 12.7. The van der Waals surface area contributed by atoms with E-state index < -0.39 is 0 Å². The summed E-state index contributed by atoms with van der Waals surface area (Å²) in [6.45, 7) is 2.93. The molecule has 1 aliphatic heterocycles. The first-order valence-electron chi connectivity index (χ1n) is 7.98. The van der Waals surface area contributed by atoms with Crippen LogP contribution >= 0.6 is 0 Å². The molecular formula is C15H23N5O2. The number of piperazine rings is 1. The van der Waals surface area contributed by atoms with Crippen molar-refractivity contribution in [3.63, 3.8) is 0 Å². The van der Waals surface area contributed by atoms with E-state index in [1.807, 2.05) is 17.0 Å². The van der Waals surface area contributed by atoms with Gasteiger partial charge in [-0.3, -0.25) is 0 Å². The van der Waals surface area contributed by atoms with E-state index >= 15 is 0 Å². The molecule has 22 heavy (non-hydrogen) atoms. The Bertz CT molecular complexity index is 482. The van der Waals surface area contributed by atoms with Crippen LogP contribution in [0.4, 0.5) is 10.6 Å². The highest BCUT2D eigenvalue weighted by Crippen LogP contribution is 2.19. The van der Waals surface area contributed by atoms with Gasteiger partial charge in [-0.1, -0.05) is 0 Å². The number of aromatic nitrogens is 2. The van der Waals surface area contributed by atoms with Crippen molar-refractivity contribution in [3.05, 3.63) is 18.3 Å². The third-order valence-corrected chi connectivity index (χ3v) is 4.47. The third-order valence-electron chi connectivity index (χ3n) is 4.47. The highest BCUT2D eigenvalue weighted by Gasteiger charge is 2.25. The van der Waals surface area contributed by atoms with Gasteiger partial charge in [0.05, 0.1) is 6.10 Å². The van der Waals surface area contributed by atoms with Gasteiger partial charge in [-0.25, -0.2) is 4.79 Å². The molecule has 0 aromatic carbocycles. The van der Waals surface area contributed by atoms with E-state index in [2.05, 4.69) is 20.4 Å². The summed E-state index contributed by atoms with van der Waals surface area (Å²) in [6.07, 6.45) is 4.77. The van der Waals surface area contributed by atoms with Crippen molar-refractivity contribution < 1.29 is 9.90 Å². The molecule has 7 nitrogen and oxygen atoms in total. The standard InChI is InChI=1S/C15H23N5O2/c21-13-5-3-12(4-6-13)17-15(22)20-10-8-19(9-11-20)14-2-1-7-16-18-14/h1-2,7,12-13,21H,3-6,8-11H2,(H,17,22). The van der Waals surface area contributed by atoms with Crippen molar-refractivity contribution >= 4 is 11.8 Å². The molecule has 120 valence electrons. The average Bonchev–Trinajstić information content (AvgIpc) is 2.58. The number of urea groups is 1. The van der Waals surface area contributed by atoms with Crippen LogP contribution in [-0.4, -0.2) is 64.6 Å². The summed E-state index contributed by atoms with van der Waals surface area (Å²) in [7, 11) is 0. The van der Waals surface area contributed by atoms with Gasteiger partial charge in [0.2, 0.25) is 0 Å². The monoisotopic (exact) mass is 305 g/mol. The molecule has 0 bridgehead atoms. The van der Waals surface area contributed by atoms with E-state index in [1.54, 1.807) is 6.20 Å². The normalized spacial score (nSPS) is 25.9. The summed E-state index contributed by atoms with van der Waals surface area (Å²) < 4.78 is 0. The molecule has 1 aromatic rings. The van der Waals surface area contributed by atoms with E-state index in [0.717, 1.165) is 44.6 Å². The number of rotatable bonds is 2. The molecule has 1 saturated heterocycles. The van der Waals surface area contributed by atoms with Crippen LogP contribution in [0.25, 0.3) is 0 Å². The van der Waals surface area contributed by atoms with Crippen molar-refractivity contribution in [3.8, 4) is 0 Å². The van der Waals surface area contributed by atoms with Gasteiger partial charge in [0.25, 0.3) is 0 Å². The van der Waals surface area contributed by atoms with E-state index in [4.69, 9.17) is 0 Å². The maximum Gasteiger partial charge on any atom is 0.317 e. The molecule has 0 radical (unpaired) electrons. The van der Waals surface area contributed by atoms with Crippen LogP contribution in [0.5, 0.6) is 0 Å². The fourth-order valence-corrected chi connectivity index (χ4v) is 3.09. The molecular weight excluding hydrogens is 282 g/mol. The summed E-state index contributed by atoms with van der Waals surface area (Å²) in [6, 6.07) is 4.03. The van der Waals surface area contributed by atoms with Gasteiger partial charge in [0.15, 0.2) is 5.82 Å². The molecule has 1 aliphatic carbocycles. The molecule has 2 fully saturated rings. The third kappa shape index (κ3) is 3.65. The van der Waals surface area contributed by atoms with Crippen molar-refractivity contribution in [2.45, 2.75) is 37.8 Å². The van der Waals surface area contributed by atoms with Crippen LogP contribution in [0.15, 0.2) is 18.3 Å². The zero-order valence-electron chi connectivity index (χ0n) is 12.7. The number of aliphatic hydroxyl groups excluding tert-OH is 1. The number of carbonyl (C=O) groups excluding carboxylic acids is 1. The predicted molar refractivity (Wildman–Crippen MR) is 82.6 cm³/mol. The van der Waals surface area contributed by atoms with E-state index in [1.165, 1.54) is 0 Å². The van der Waals surface area contributed by atoms with Crippen molar-refractivity contribution in [2.75, 3.05) is 31.1 Å². The Morgan fingerprint density at radius 3 is 2.55 bits per heavy atom. The summed E-state index contributed by atoms with van der Waals surface area (Å²) in [4.78, 5) is 16.3. The highest BCUT2D eigenvalue weighted by atomic mass is 16.3. The number of hydrogen-bond donors (Lipinski definition) is 2. The average molecular weight is 305 g/mol. The summed E-state index contributed by atoms with van der Waals surface area (Å²) >= 11 is 0. The van der Waals surface area contributed by atoms with E-state index in [9.17, 15) is 9.90 Å². The Kier molecular flexibility index (Phi) is 4.72. The van der Waals surface area contributed by atoms with E-state index in [0.29, 0.717) is 13.1 Å². The molecule has 1 aromatic heterocycles. The van der Waals surface area contributed by atoms with Crippen LogP contribution in [-0.2, 0) is 0 Å². The number of carbonyl (C=O) groups is 1. The number of nitrogens with zero attached hydrogens (tertiary/aromatic N) is 4. The number of nitrogens with one attached hydrogen (secondary N) is 1. The van der Waals surface area contributed by atoms with Crippen molar-refractivity contribution in [1.82, 2.24) is 20.4 Å². The first-order chi connectivity index (χ1) is 10.7. The van der Waals surface area contributed by atoms with Gasteiger partial charge in [-0.15, -0.1) is 5.10 Å². The molecule has 0 atom stereocenters. The van der Waals surface area contributed by atoms with Crippen LogP contribution in [0.2, 0.25) is 0 Å². The molecule has 7 heteroatoms. The molecule has 2 amide bonds. The van der Waals surface area contributed by atoms with Gasteiger partial charge in [0, 0.05) is 38.4 Å². The highest BCUT2D eigenvalue weighted by molar-refractivity contribution is 5.74. The molecule has 1 saturated carbocycles. The molecule has 2 heterocycles. The molecule has 2 aliphatic rings. The number of anilines is 1. The minimum atomic E-state index is -0.191. The second kappa shape index (κ2) is 6.91. The van der Waals surface area contributed by atoms with Gasteiger partial charge >= 0.3 is 6.03 Å². The largest absolute Gasteiger partial charge is 0.393 e. The Hall–Kier alpha value is -1.89. The van der Waals surface area contributed by atoms with Crippen LogP contribution in [0.1, 0.15) is 25.7 Å². The van der Waals surface area contributed by atoms with E-state index in [-0.39, 0.29) is 18.2 Å². The summed E-state index contributed by atoms with van der Waals surface area (Å²) in [5.41, 5.74) is 0. The topological polar surface area (TPSA) is 81.6 Å². The molecule has 3 rings (SSSR count). The van der Waals surface area contributed by atoms with Gasteiger partial charge in [-0.2, -0.15) is 5.10 Å². The lowest BCUT2D eigenvalue weighted by Gasteiger charge is -2.36. The lowest BCUT2D eigenvalue weighted by Crippen LogP contribution is -2.54. The Balaban J connectivity index is 1.46. The quantitative estimate of drug-likeness (QED) is 0.837. The first kappa shape index (κ1) is 15.0. The number of amides is 2. The SMILES string of the molecule is O=C(NC1CCC(O)CC1)N1CCN(c2cccnn2)CC1. The van der Waals surface area contributed by atoms with Crippen LogP contribution in [0.3, 0.4) is 0 Å². The maximum atomic E-state index is 12.3. The lowest BCUT2D eigenvalue weighted by atomic mass is 9.93. The fraction of sp³-hybridized carbons (Fsp3) is 0.667. The second-order valence-electron chi connectivity index (χ2n) is 6.01. The van der Waals surface area contributed by atoms with Gasteiger partial charge in [-0.05, 0) is 37.8 Å². The minimum absolute atomic E-state index is 0.0141. The Morgan fingerprint density at radius 2 is 1.91 bits per heavy atom. The summed E-state index contributed by atoms with van der Waals surface area (Å²) in [5.74, 6) is 0.865. The smallest absolute Gasteiger partial charge is 0.317 e. The van der Waals surface area contributed by atoms with Crippen molar-refractivity contribution in [1.29, 1.82) is 0 Å². The molecule has 2 N–H and O–H groups in total. The number of aliphatic hydroxyl groups is 1. The van der Waals surface area contributed by atoms with Gasteiger partial charge in [0.1, 0.15) is 0 Å². The fourth-order valence-electron chi connectivity index (χ4n) is 3.09. The molecule has 0 spiro atoms. The van der Waals surface area contributed by atoms with Crippen molar-refractivity contribution in [2.24, 2.45) is 0 Å². The summed E-state index contributed by atoms with van der Waals surface area (Å²) in [5, 5.41) is 20.6. The predicted octanol–water partition coefficient (Wildman–Crippen LogP) is 0.612. The Labute approximate surface area is 130 Å². The maximum absolute atomic E-state index is 12.3. The number of hydrogen-bond acceptors (Lipinski definition) is 5. The molecule has 0 unspecified atom stereocenters. The first-order valence-corrected chi connectivity index (χ1v) is 7.98. The second-order valence-corrected chi connectivity index (χ2v) is 6.01. The lowest BCUT2D eigenvalue weighted by molar-refractivity contribution is 0.115. The van der Waals surface area contributed by atoms with Gasteiger partial charge < -0.3 is 20.2 Å². The van der Waals surface area contributed by atoms with Crippen LogP contribution < -0.4 is 10.2 Å².